The van der Waals surface area contributed by atoms with Crippen LogP contribution in [-0.2, 0) is 4.79 Å². The first kappa shape index (κ1) is 16.1. The molecule has 8 heteroatoms. The number of anilines is 1. The molecule has 0 atom stereocenters. The zero-order valence-electron chi connectivity index (χ0n) is 10.6. The second-order valence-electron chi connectivity index (χ2n) is 3.70. The molecule has 0 aliphatic carbocycles. The van der Waals surface area contributed by atoms with Crippen LogP contribution in [0.4, 0.5) is 5.69 Å². The molecule has 1 aromatic heterocycles. The lowest BCUT2D eigenvalue weighted by molar-refractivity contribution is -0.115. The molecule has 1 N–H and O–H groups in total. The van der Waals surface area contributed by atoms with Gasteiger partial charge in [-0.3, -0.25) is 4.79 Å². The van der Waals surface area contributed by atoms with E-state index in [2.05, 4.69) is 37.3 Å². The number of rotatable bonds is 6. The van der Waals surface area contributed by atoms with Crippen LogP contribution in [0.5, 0.6) is 0 Å². The van der Waals surface area contributed by atoms with E-state index in [1.165, 1.54) is 23.3 Å². The number of aromatic nitrogens is 2. The average molecular weight is 437 g/mol. The van der Waals surface area contributed by atoms with Gasteiger partial charge in [0.1, 0.15) is 0 Å². The van der Waals surface area contributed by atoms with Crippen molar-refractivity contribution in [3.63, 3.8) is 0 Å². The summed E-state index contributed by atoms with van der Waals surface area (Å²) in [5, 5.41) is 3.67. The Balaban J connectivity index is 1.73. The summed E-state index contributed by atoms with van der Waals surface area (Å²) in [7, 11) is 0. The highest BCUT2D eigenvalue weighted by Gasteiger charge is 2.06. The maximum atomic E-state index is 11.8. The van der Waals surface area contributed by atoms with Gasteiger partial charge in [-0.05, 0) is 64.6 Å². The Morgan fingerprint density at radius 3 is 2.80 bits per heavy atom. The van der Waals surface area contributed by atoms with E-state index in [-0.39, 0.29) is 5.91 Å². The highest BCUT2D eigenvalue weighted by Crippen LogP contribution is 2.24. The van der Waals surface area contributed by atoms with Crippen LogP contribution in [0.3, 0.4) is 0 Å². The lowest BCUT2D eigenvalue weighted by Crippen LogP contribution is -2.12. The maximum absolute atomic E-state index is 11.8. The standard InChI is InChI=1S/C12H12IN3OS3/c1-18-11-15-12(20-16-11)19-7-6-10(17)14-9-4-2-8(13)3-5-9/h2-5H,6-7H2,1H3,(H,14,17). The molecule has 0 saturated heterocycles. The first-order valence-corrected chi connectivity index (χ1v) is 9.79. The van der Waals surface area contributed by atoms with E-state index in [1.54, 1.807) is 11.8 Å². The lowest BCUT2D eigenvalue weighted by Gasteiger charge is -2.04. The fraction of sp³-hybridized carbons (Fsp3) is 0.250. The molecule has 0 aliphatic rings. The summed E-state index contributed by atoms with van der Waals surface area (Å²) in [5.41, 5.74) is 0.834. The van der Waals surface area contributed by atoms with Crippen molar-refractivity contribution in [2.45, 2.75) is 15.9 Å². The second kappa shape index (κ2) is 8.20. The van der Waals surface area contributed by atoms with Crippen LogP contribution in [0.2, 0.25) is 0 Å². The van der Waals surface area contributed by atoms with Gasteiger partial charge in [-0.25, -0.2) is 4.98 Å². The van der Waals surface area contributed by atoms with E-state index in [9.17, 15) is 4.79 Å². The molecular weight excluding hydrogens is 425 g/mol. The molecule has 0 fully saturated rings. The van der Waals surface area contributed by atoms with Crippen LogP contribution < -0.4 is 5.32 Å². The molecule has 106 valence electrons. The minimum atomic E-state index is 0.0216. The predicted molar refractivity (Wildman–Crippen MR) is 94.8 cm³/mol. The molecule has 0 spiro atoms. The van der Waals surface area contributed by atoms with Crippen molar-refractivity contribution in [2.24, 2.45) is 0 Å². The van der Waals surface area contributed by atoms with Gasteiger partial charge in [0, 0.05) is 21.4 Å². The van der Waals surface area contributed by atoms with Gasteiger partial charge in [-0.2, -0.15) is 4.37 Å². The molecule has 20 heavy (non-hydrogen) atoms. The van der Waals surface area contributed by atoms with Crippen molar-refractivity contribution in [3.05, 3.63) is 27.8 Å². The van der Waals surface area contributed by atoms with E-state index in [1.807, 2.05) is 30.5 Å². The zero-order valence-corrected chi connectivity index (χ0v) is 15.2. The molecular formula is C12H12IN3OS3. The zero-order chi connectivity index (χ0) is 14.4. The molecule has 1 aromatic carbocycles. The molecule has 0 unspecified atom stereocenters. The van der Waals surface area contributed by atoms with Crippen LogP contribution in [-0.4, -0.2) is 27.3 Å². The maximum Gasteiger partial charge on any atom is 0.225 e. The van der Waals surface area contributed by atoms with Gasteiger partial charge in [0.05, 0.1) is 0 Å². The highest BCUT2D eigenvalue weighted by atomic mass is 127. The SMILES string of the molecule is CSc1nsc(SCCC(=O)Nc2ccc(I)cc2)n1. The third-order valence-corrected chi connectivity index (χ3v) is 5.47. The fourth-order valence-corrected chi connectivity index (χ4v) is 3.90. The minimum Gasteiger partial charge on any atom is -0.326 e. The number of carbonyl (C=O) groups is 1. The molecule has 0 aliphatic heterocycles. The van der Waals surface area contributed by atoms with Crippen LogP contribution in [0.1, 0.15) is 6.42 Å². The summed E-state index contributed by atoms with van der Waals surface area (Å²) < 4.78 is 6.24. The monoisotopic (exact) mass is 437 g/mol. The van der Waals surface area contributed by atoms with E-state index >= 15 is 0 Å². The largest absolute Gasteiger partial charge is 0.326 e. The first-order chi connectivity index (χ1) is 9.67. The van der Waals surface area contributed by atoms with Crippen molar-refractivity contribution in [2.75, 3.05) is 17.3 Å². The molecule has 1 heterocycles. The highest BCUT2D eigenvalue weighted by molar-refractivity contribution is 14.1. The van der Waals surface area contributed by atoms with Crippen LogP contribution in [0, 0.1) is 3.57 Å². The summed E-state index contributed by atoms with van der Waals surface area (Å²) in [6.07, 6.45) is 2.41. The topological polar surface area (TPSA) is 54.9 Å². The van der Waals surface area contributed by atoms with Crippen molar-refractivity contribution >= 4 is 69.2 Å². The fourth-order valence-electron chi connectivity index (χ4n) is 1.33. The van der Waals surface area contributed by atoms with Gasteiger partial charge < -0.3 is 5.32 Å². The molecule has 0 radical (unpaired) electrons. The van der Waals surface area contributed by atoms with Gasteiger partial charge in [0.25, 0.3) is 0 Å². The average Bonchev–Trinajstić information content (AvgIpc) is 2.89. The summed E-state index contributed by atoms with van der Waals surface area (Å²) in [6, 6.07) is 7.75. The van der Waals surface area contributed by atoms with Crippen LogP contribution >= 0.6 is 57.6 Å². The normalized spacial score (nSPS) is 10.5. The summed E-state index contributed by atoms with van der Waals surface area (Å²) >= 11 is 6.71. The van der Waals surface area contributed by atoms with E-state index < -0.39 is 0 Å². The minimum absolute atomic E-state index is 0.0216. The first-order valence-electron chi connectivity index (χ1n) is 5.73. The molecule has 0 saturated carbocycles. The Morgan fingerprint density at radius 1 is 1.40 bits per heavy atom. The van der Waals surface area contributed by atoms with Gasteiger partial charge in [-0.15, -0.1) is 0 Å². The lowest BCUT2D eigenvalue weighted by atomic mass is 10.3. The quantitative estimate of drug-likeness (QED) is 0.547. The summed E-state index contributed by atoms with van der Waals surface area (Å²) in [6.45, 7) is 0. The number of halogens is 1. The van der Waals surface area contributed by atoms with Gasteiger partial charge in [0.15, 0.2) is 4.34 Å². The molecule has 1 amide bonds. The molecule has 0 bridgehead atoms. The van der Waals surface area contributed by atoms with Crippen molar-refractivity contribution in [3.8, 4) is 0 Å². The Bertz CT molecular complexity index is 574. The molecule has 4 nitrogen and oxygen atoms in total. The molecule has 2 aromatic rings. The van der Waals surface area contributed by atoms with E-state index in [4.69, 9.17) is 0 Å². The van der Waals surface area contributed by atoms with Crippen LogP contribution in [0.15, 0.2) is 33.8 Å². The Hall–Kier alpha value is -0.320. The van der Waals surface area contributed by atoms with Crippen molar-refractivity contribution in [1.29, 1.82) is 0 Å². The molecule has 2 rings (SSSR count). The third-order valence-electron chi connectivity index (χ3n) is 2.25. The number of hydrogen-bond donors (Lipinski definition) is 1. The number of hydrogen-bond acceptors (Lipinski definition) is 6. The predicted octanol–water partition coefficient (Wildman–Crippen LogP) is 3.99. The number of thioether (sulfide) groups is 2. The third kappa shape index (κ3) is 5.23. The van der Waals surface area contributed by atoms with Crippen LogP contribution in [0.25, 0.3) is 0 Å². The Morgan fingerprint density at radius 2 is 2.15 bits per heavy atom. The Labute approximate surface area is 143 Å². The van der Waals surface area contributed by atoms with Gasteiger partial charge in [0.2, 0.25) is 11.1 Å². The van der Waals surface area contributed by atoms with Gasteiger partial charge >= 0.3 is 0 Å². The van der Waals surface area contributed by atoms with E-state index in [0.717, 1.165) is 18.8 Å². The number of carbonyl (C=O) groups excluding carboxylic acids is 1. The van der Waals surface area contributed by atoms with E-state index in [0.29, 0.717) is 12.2 Å². The Kier molecular flexibility index (Phi) is 6.59. The number of amides is 1. The van der Waals surface area contributed by atoms with Crippen molar-refractivity contribution in [1.82, 2.24) is 9.36 Å². The number of nitrogens with zero attached hydrogens (tertiary/aromatic N) is 2. The second-order valence-corrected chi connectivity index (χ2v) is 7.81. The van der Waals surface area contributed by atoms with Gasteiger partial charge in [-0.1, -0.05) is 23.5 Å². The van der Waals surface area contributed by atoms with Crippen molar-refractivity contribution < 1.29 is 4.79 Å². The summed E-state index contributed by atoms with van der Waals surface area (Å²) in [4.78, 5) is 16.1. The summed E-state index contributed by atoms with van der Waals surface area (Å²) in [5.74, 6) is 0.729. The number of benzene rings is 1. The number of nitrogens with one attached hydrogen (secondary N) is 1. The smallest absolute Gasteiger partial charge is 0.225 e.